The van der Waals surface area contributed by atoms with Crippen LogP contribution in [0.1, 0.15) is 32.1 Å². The van der Waals surface area contributed by atoms with Gasteiger partial charge in [0.05, 0.1) is 19.7 Å². The predicted molar refractivity (Wildman–Crippen MR) is 67.0 cm³/mol. The third kappa shape index (κ3) is 3.53. The Kier molecular flexibility index (Phi) is 4.72. The molecule has 2 N–H and O–H groups in total. The number of ketones is 1. The van der Waals surface area contributed by atoms with Crippen molar-refractivity contribution in [3.05, 3.63) is 0 Å². The Labute approximate surface area is 108 Å². The zero-order valence-electron chi connectivity index (χ0n) is 10.8. The number of primary amides is 1. The van der Waals surface area contributed by atoms with Crippen molar-refractivity contribution in [1.29, 1.82) is 0 Å². The van der Waals surface area contributed by atoms with Gasteiger partial charge in [0.25, 0.3) is 0 Å². The Bertz CT molecular complexity index is 307. The second kappa shape index (κ2) is 6.29. The zero-order valence-corrected chi connectivity index (χ0v) is 10.8. The first-order valence-corrected chi connectivity index (χ1v) is 6.79. The molecule has 1 aliphatic heterocycles. The lowest BCUT2D eigenvalue weighted by Gasteiger charge is -2.27. The van der Waals surface area contributed by atoms with Crippen LogP contribution in [0.2, 0.25) is 0 Å². The molecule has 1 amide bonds. The predicted octanol–water partition coefficient (Wildman–Crippen LogP) is 0.322. The molecule has 0 bridgehead atoms. The van der Waals surface area contributed by atoms with Gasteiger partial charge in [-0.25, -0.2) is 0 Å². The number of nitrogens with zero attached hydrogens (tertiary/aromatic N) is 1. The molecule has 2 fully saturated rings. The summed E-state index contributed by atoms with van der Waals surface area (Å²) >= 11 is 0. The summed E-state index contributed by atoms with van der Waals surface area (Å²) in [5, 5.41) is 0. The molecule has 0 radical (unpaired) electrons. The Balaban J connectivity index is 1.90. The van der Waals surface area contributed by atoms with E-state index in [9.17, 15) is 9.59 Å². The number of Topliss-reactive ketones (excluding diaryl/α,β-unsaturated/α-hetero) is 1. The van der Waals surface area contributed by atoms with Gasteiger partial charge in [-0.3, -0.25) is 14.5 Å². The molecule has 2 rings (SSSR count). The maximum atomic E-state index is 12.1. The number of carbonyl (C=O) groups excluding carboxylic acids is 2. The molecule has 18 heavy (non-hydrogen) atoms. The van der Waals surface area contributed by atoms with Crippen LogP contribution >= 0.6 is 0 Å². The molecule has 102 valence electrons. The number of carbonyl (C=O) groups is 2. The normalized spacial score (nSPS) is 24.8. The summed E-state index contributed by atoms with van der Waals surface area (Å²) in [6.07, 6.45) is 5.32. The van der Waals surface area contributed by atoms with Gasteiger partial charge in [0.1, 0.15) is 0 Å². The molecule has 1 aliphatic carbocycles. The van der Waals surface area contributed by atoms with Crippen molar-refractivity contribution in [3.8, 4) is 0 Å². The van der Waals surface area contributed by atoms with Crippen LogP contribution in [0.4, 0.5) is 0 Å². The molecule has 5 heteroatoms. The van der Waals surface area contributed by atoms with Crippen molar-refractivity contribution in [2.45, 2.75) is 38.1 Å². The first-order chi connectivity index (χ1) is 8.66. The van der Waals surface area contributed by atoms with Gasteiger partial charge < -0.3 is 10.5 Å². The second-order valence-electron chi connectivity index (χ2n) is 5.34. The summed E-state index contributed by atoms with van der Waals surface area (Å²) in [7, 11) is 0. The van der Waals surface area contributed by atoms with E-state index in [1.165, 1.54) is 12.8 Å². The minimum Gasteiger partial charge on any atom is -0.381 e. The fourth-order valence-electron chi connectivity index (χ4n) is 2.90. The zero-order chi connectivity index (χ0) is 13.0. The van der Waals surface area contributed by atoms with Crippen LogP contribution in [0.3, 0.4) is 0 Å². The average Bonchev–Trinajstić information content (AvgIpc) is 3.01. The van der Waals surface area contributed by atoms with E-state index < -0.39 is 0 Å². The van der Waals surface area contributed by atoms with Crippen LogP contribution in [0, 0.1) is 5.92 Å². The van der Waals surface area contributed by atoms with Gasteiger partial charge in [-0.1, -0.05) is 12.8 Å². The number of hydrogen-bond acceptors (Lipinski definition) is 4. The number of nitrogens with two attached hydrogens (primary N) is 1. The largest absolute Gasteiger partial charge is 0.381 e. The van der Waals surface area contributed by atoms with Crippen LogP contribution < -0.4 is 5.73 Å². The number of amides is 1. The quantitative estimate of drug-likeness (QED) is 0.741. The highest BCUT2D eigenvalue weighted by molar-refractivity contribution is 5.84. The molecule has 5 nitrogen and oxygen atoms in total. The molecule has 1 atom stereocenters. The highest BCUT2D eigenvalue weighted by atomic mass is 16.5. The minimum absolute atomic E-state index is 0.0155. The van der Waals surface area contributed by atoms with E-state index in [2.05, 4.69) is 0 Å². The minimum atomic E-state index is -0.350. The van der Waals surface area contributed by atoms with Gasteiger partial charge in [-0.15, -0.1) is 0 Å². The summed E-state index contributed by atoms with van der Waals surface area (Å²) in [5.74, 6) is -0.139. The van der Waals surface area contributed by atoms with Gasteiger partial charge in [-0.05, 0) is 19.3 Å². The van der Waals surface area contributed by atoms with Gasteiger partial charge in [0.15, 0.2) is 5.78 Å². The third-order valence-corrected chi connectivity index (χ3v) is 3.94. The number of ether oxygens (including phenoxy) is 1. The van der Waals surface area contributed by atoms with Crippen molar-refractivity contribution >= 4 is 11.7 Å². The first kappa shape index (κ1) is 13.5. The van der Waals surface area contributed by atoms with Crippen molar-refractivity contribution in [2.75, 3.05) is 26.3 Å². The molecule has 0 aromatic rings. The monoisotopic (exact) mass is 254 g/mol. The smallest absolute Gasteiger partial charge is 0.231 e. The lowest BCUT2D eigenvalue weighted by atomic mass is 10.0. The second-order valence-corrected chi connectivity index (χ2v) is 5.34. The van der Waals surface area contributed by atoms with Crippen molar-refractivity contribution in [3.63, 3.8) is 0 Å². The van der Waals surface area contributed by atoms with Crippen molar-refractivity contribution in [2.24, 2.45) is 11.7 Å². The van der Waals surface area contributed by atoms with E-state index in [4.69, 9.17) is 10.5 Å². The molecule has 2 aliphatic rings. The molecule has 1 saturated heterocycles. The molecule has 0 aromatic heterocycles. The molecular weight excluding hydrogens is 232 g/mol. The van der Waals surface area contributed by atoms with E-state index in [-0.39, 0.29) is 24.2 Å². The highest BCUT2D eigenvalue weighted by Gasteiger charge is 2.29. The van der Waals surface area contributed by atoms with Crippen LogP contribution in [0.15, 0.2) is 0 Å². The molecule has 0 aromatic carbocycles. The fraction of sp³-hybridized carbons (Fsp3) is 0.846. The van der Waals surface area contributed by atoms with Gasteiger partial charge in [0.2, 0.25) is 5.91 Å². The van der Waals surface area contributed by atoms with E-state index in [1.807, 2.05) is 4.90 Å². The lowest BCUT2D eigenvalue weighted by molar-refractivity contribution is -0.126. The van der Waals surface area contributed by atoms with Crippen LogP contribution in [0.25, 0.3) is 0 Å². The van der Waals surface area contributed by atoms with Gasteiger partial charge in [0, 0.05) is 18.6 Å². The Hall–Kier alpha value is -0.940. The molecule has 1 unspecified atom stereocenters. The molecule has 1 saturated carbocycles. The van der Waals surface area contributed by atoms with Crippen LogP contribution in [0.5, 0.6) is 0 Å². The van der Waals surface area contributed by atoms with E-state index in [0.717, 1.165) is 19.3 Å². The fourth-order valence-corrected chi connectivity index (χ4v) is 2.90. The lowest BCUT2D eigenvalue weighted by Crippen LogP contribution is -2.44. The van der Waals surface area contributed by atoms with Crippen molar-refractivity contribution in [1.82, 2.24) is 4.90 Å². The summed E-state index contributed by atoms with van der Waals surface area (Å²) in [6.45, 7) is 1.76. The topological polar surface area (TPSA) is 72.6 Å². The Morgan fingerprint density at radius 1 is 1.17 bits per heavy atom. The van der Waals surface area contributed by atoms with E-state index >= 15 is 0 Å². The highest BCUT2D eigenvalue weighted by Crippen LogP contribution is 2.24. The van der Waals surface area contributed by atoms with Gasteiger partial charge in [-0.2, -0.15) is 0 Å². The average molecular weight is 254 g/mol. The SMILES string of the molecule is NC(=O)CN(CC(=O)C1CCOC1)C1CCCC1. The number of hydrogen-bond donors (Lipinski definition) is 1. The summed E-state index contributed by atoms with van der Waals surface area (Å²) in [5.41, 5.74) is 5.27. The summed E-state index contributed by atoms with van der Waals surface area (Å²) in [4.78, 5) is 25.2. The standard InChI is InChI=1S/C13H22N2O3/c14-13(17)8-15(11-3-1-2-4-11)7-12(16)10-5-6-18-9-10/h10-11H,1-9H2,(H2,14,17). The molecule has 1 heterocycles. The molecular formula is C13H22N2O3. The molecule has 0 spiro atoms. The summed E-state index contributed by atoms with van der Waals surface area (Å²) in [6, 6.07) is 0.351. The van der Waals surface area contributed by atoms with Gasteiger partial charge >= 0.3 is 0 Å². The first-order valence-electron chi connectivity index (χ1n) is 6.79. The Morgan fingerprint density at radius 2 is 1.89 bits per heavy atom. The Morgan fingerprint density at radius 3 is 2.44 bits per heavy atom. The van der Waals surface area contributed by atoms with Crippen LogP contribution in [-0.2, 0) is 14.3 Å². The maximum Gasteiger partial charge on any atom is 0.231 e. The number of rotatable bonds is 6. The van der Waals surface area contributed by atoms with Crippen molar-refractivity contribution < 1.29 is 14.3 Å². The van der Waals surface area contributed by atoms with E-state index in [0.29, 0.717) is 25.8 Å². The van der Waals surface area contributed by atoms with E-state index in [1.54, 1.807) is 0 Å². The van der Waals surface area contributed by atoms with Crippen LogP contribution in [-0.4, -0.2) is 48.9 Å². The summed E-state index contributed by atoms with van der Waals surface area (Å²) < 4.78 is 5.24. The maximum absolute atomic E-state index is 12.1. The third-order valence-electron chi connectivity index (χ3n) is 3.94.